The summed E-state index contributed by atoms with van der Waals surface area (Å²) in [7, 11) is 0. The molecule has 2 aromatic carbocycles. The second-order valence-corrected chi connectivity index (χ2v) is 9.83. The van der Waals surface area contributed by atoms with Gasteiger partial charge in [0, 0.05) is 18.8 Å². The normalized spacial score (nSPS) is 14.0. The van der Waals surface area contributed by atoms with Gasteiger partial charge in [-0.3, -0.25) is 9.59 Å². The van der Waals surface area contributed by atoms with E-state index in [0.717, 1.165) is 21.5 Å². The number of ether oxygens (including phenoxy) is 2. The van der Waals surface area contributed by atoms with Crippen molar-refractivity contribution < 1.29 is 19.1 Å². The van der Waals surface area contributed by atoms with Crippen LogP contribution in [-0.2, 0) is 14.3 Å². The average molecular weight is 499 g/mol. The van der Waals surface area contributed by atoms with Crippen molar-refractivity contribution in [2.45, 2.75) is 24.1 Å². The lowest BCUT2D eigenvalue weighted by atomic mass is 9.97. The molecule has 4 rings (SSSR count). The van der Waals surface area contributed by atoms with Crippen LogP contribution in [0.5, 0.6) is 11.5 Å². The fourth-order valence-corrected chi connectivity index (χ4v) is 5.19. The Kier molecular flexibility index (Phi) is 8.37. The summed E-state index contributed by atoms with van der Waals surface area (Å²) in [5, 5.41) is 12.2. The number of carbonyl (C=O) groups excluding carboxylic acids is 2. The number of para-hydroxylation sites is 1. The molecule has 0 atom stereocenters. The van der Waals surface area contributed by atoms with Gasteiger partial charge < -0.3 is 19.7 Å². The molecule has 8 nitrogen and oxygen atoms in total. The van der Waals surface area contributed by atoms with Crippen LogP contribution < -0.4 is 10.1 Å². The van der Waals surface area contributed by atoms with Crippen molar-refractivity contribution in [2.24, 2.45) is 5.92 Å². The molecule has 2 heterocycles. The van der Waals surface area contributed by atoms with Crippen molar-refractivity contribution in [1.82, 2.24) is 15.1 Å². The summed E-state index contributed by atoms with van der Waals surface area (Å²) in [6.07, 6.45) is 1.30. The topological polar surface area (TPSA) is 93.7 Å². The number of nitrogens with one attached hydrogen (secondary N) is 1. The number of aromatic nitrogens is 2. The maximum atomic E-state index is 12.6. The van der Waals surface area contributed by atoms with Gasteiger partial charge in [-0.25, -0.2) is 0 Å². The fourth-order valence-electron chi connectivity index (χ4n) is 3.51. The van der Waals surface area contributed by atoms with Gasteiger partial charge in [0.1, 0.15) is 11.5 Å². The first-order valence-corrected chi connectivity index (χ1v) is 12.9. The van der Waals surface area contributed by atoms with Crippen LogP contribution in [0.3, 0.4) is 0 Å². The van der Waals surface area contributed by atoms with Gasteiger partial charge in [-0.1, -0.05) is 41.3 Å². The highest BCUT2D eigenvalue weighted by atomic mass is 32.2. The van der Waals surface area contributed by atoms with Crippen LogP contribution in [0.25, 0.3) is 0 Å². The molecule has 178 valence electrons. The molecule has 1 amide bonds. The van der Waals surface area contributed by atoms with Crippen LogP contribution >= 0.6 is 23.1 Å². The predicted octanol–water partition coefficient (Wildman–Crippen LogP) is 4.97. The Morgan fingerprint density at radius 2 is 1.76 bits per heavy atom. The molecule has 0 spiro atoms. The van der Waals surface area contributed by atoms with E-state index in [4.69, 9.17) is 9.47 Å². The number of amides is 1. The van der Waals surface area contributed by atoms with Crippen molar-refractivity contribution >= 4 is 45.8 Å². The number of carbonyl (C=O) groups is 2. The summed E-state index contributed by atoms with van der Waals surface area (Å²) in [5.41, 5.74) is 0.869. The number of esters is 1. The SMILES string of the molecule is CCOC(=O)C1CCN(C(=O)CSc2nnc(Nc3ccc(Oc4ccccc4)cc3)s2)CC1. The number of likely N-dealkylation sites (tertiary alicyclic amines) is 1. The highest BCUT2D eigenvalue weighted by Crippen LogP contribution is 2.29. The van der Waals surface area contributed by atoms with Crippen LogP contribution in [0.4, 0.5) is 10.8 Å². The second kappa shape index (κ2) is 11.8. The molecule has 34 heavy (non-hydrogen) atoms. The van der Waals surface area contributed by atoms with Crippen LogP contribution in [0.2, 0.25) is 0 Å². The van der Waals surface area contributed by atoms with Crippen LogP contribution in [0, 0.1) is 5.92 Å². The lowest BCUT2D eigenvalue weighted by Crippen LogP contribution is -2.41. The maximum Gasteiger partial charge on any atom is 0.309 e. The summed E-state index contributed by atoms with van der Waals surface area (Å²) >= 11 is 2.77. The molecular weight excluding hydrogens is 472 g/mol. The lowest BCUT2D eigenvalue weighted by molar-refractivity contribution is -0.151. The molecular formula is C24H26N4O4S2. The van der Waals surface area contributed by atoms with E-state index in [1.807, 2.05) is 59.5 Å². The lowest BCUT2D eigenvalue weighted by Gasteiger charge is -2.30. The van der Waals surface area contributed by atoms with E-state index in [0.29, 0.717) is 43.4 Å². The van der Waals surface area contributed by atoms with Gasteiger partial charge in [-0.05, 0) is 56.2 Å². The molecule has 10 heteroatoms. The first-order chi connectivity index (χ1) is 16.6. The number of rotatable bonds is 9. The molecule has 1 fully saturated rings. The van der Waals surface area contributed by atoms with E-state index in [-0.39, 0.29) is 17.8 Å². The zero-order chi connectivity index (χ0) is 23.8. The second-order valence-electron chi connectivity index (χ2n) is 7.63. The predicted molar refractivity (Wildman–Crippen MR) is 133 cm³/mol. The standard InChI is InChI=1S/C24H26N4O4S2/c1-2-31-22(30)17-12-14-28(15-13-17)21(29)16-33-24-27-26-23(34-24)25-18-8-10-20(11-9-18)32-19-6-4-3-5-7-19/h3-11,17H,2,12-16H2,1H3,(H,25,26). The van der Waals surface area contributed by atoms with Gasteiger partial charge in [0.2, 0.25) is 11.0 Å². The van der Waals surface area contributed by atoms with E-state index >= 15 is 0 Å². The minimum atomic E-state index is -0.156. The molecule has 0 aliphatic carbocycles. The van der Waals surface area contributed by atoms with Crippen LogP contribution in [0.15, 0.2) is 58.9 Å². The Labute approximate surface area is 206 Å². The number of thioether (sulfide) groups is 1. The van der Waals surface area contributed by atoms with Crippen molar-refractivity contribution in [3.05, 3.63) is 54.6 Å². The van der Waals surface area contributed by atoms with Gasteiger partial charge >= 0.3 is 5.97 Å². The highest BCUT2D eigenvalue weighted by Gasteiger charge is 2.28. The van der Waals surface area contributed by atoms with Crippen LogP contribution in [0.1, 0.15) is 19.8 Å². The summed E-state index contributed by atoms with van der Waals surface area (Å²) in [6.45, 7) is 3.35. The van der Waals surface area contributed by atoms with Crippen LogP contribution in [-0.4, -0.2) is 52.4 Å². The Balaban J connectivity index is 1.22. The minimum Gasteiger partial charge on any atom is -0.466 e. The molecule has 0 saturated carbocycles. The molecule has 0 radical (unpaired) electrons. The molecule has 1 aliphatic rings. The number of piperidine rings is 1. The number of hydrogen-bond acceptors (Lipinski definition) is 9. The third-order valence-corrected chi connectivity index (χ3v) is 7.23. The van der Waals surface area contributed by atoms with E-state index in [1.54, 1.807) is 6.92 Å². The van der Waals surface area contributed by atoms with Gasteiger partial charge in [-0.15, -0.1) is 10.2 Å². The quantitative estimate of drug-likeness (QED) is 0.327. The number of nitrogens with zero attached hydrogens (tertiary/aromatic N) is 3. The van der Waals surface area contributed by atoms with E-state index in [2.05, 4.69) is 15.5 Å². The smallest absolute Gasteiger partial charge is 0.309 e. The number of benzene rings is 2. The van der Waals surface area contributed by atoms with E-state index in [1.165, 1.54) is 23.1 Å². The Bertz CT molecular complexity index is 1080. The third kappa shape index (κ3) is 6.71. The fraction of sp³-hybridized carbons (Fsp3) is 0.333. The first kappa shape index (κ1) is 24.0. The molecule has 1 aliphatic heterocycles. The Hall–Kier alpha value is -3.11. The zero-order valence-corrected chi connectivity index (χ0v) is 20.4. The van der Waals surface area contributed by atoms with Gasteiger partial charge in [0.25, 0.3) is 0 Å². The minimum absolute atomic E-state index is 0.0472. The monoisotopic (exact) mass is 498 g/mol. The van der Waals surface area contributed by atoms with Crippen molar-refractivity contribution in [3.8, 4) is 11.5 Å². The number of anilines is 2. The largest absolute Gasteiger partial charge is 0.466 e. The molecule has 1 N–H and O–H groups in total. The summed E-state index contributed by atoms with van der Waals surface area (Å²) in [6, 6.07) is 17.2. The molecule has 3 aromatic rings. The summed E-state index contributed by atoms with van der Waals surface area (Å²) in [5.74, 6) is 1.61. The third-order valence-electron chi connectivity index (χ3n) is 5.28. The Morgan fingerprint density at radius 1 is 1.06 bits per heavy atom. The van der Waals surface area contributed by atoms with E-state index in [9.17, 15) is 9.59 Å². The van der Waals surface area contributed by atoms with Crippen molar-refractivity contribution in [2.75, 3.05) is 30.8 Å². The molecule has 0 bridgehead atoms. The van der Waals surface area contributed by atoms with Gasteiger partial charge in [-0.2, -0.15) is 0 Å². The summed E-state index contributed by atoms with van der Waals surface area (Å²) in [4.78, 5) is 26.2. The van der Waals surface area contributed by atoms with Crippen molar-refractivity contribution in [3.63, 3.8) is 0 Å². The summed E-state index contributed by atoms with van der Waals surface area (Å²) < 4.78 is 11.6. The number of hydrogen-bond donors (Lipinski definition) is 1. The zero-order valence-electron chi connectivity index (χ0n) is 18.8. The Morgan fingerprint density at radius 3 is 2.47 bits per heavy atom. The average Bonchev–Trinajstić information content (AvgIpc) is 3.32. The first-order valence-electron chi connectivity index (χ1n) is 11.1. The maximum absolute atomic E-state index is 12.6. The van der Waals surface area contributed by atoms with Gasteiger partial charge in [0.15, 0.2) is 4.34 Å². The van der Waals surface area contributed by atoms with Gasteiger partial charge in [0.05, 0.1) is 18.3 Å². The molecule has 0 unspecified atom stereocenters. The molecule has 1 saturated heterocycles. The van der Waals surface area contributed by atoms with E-state index < -0.39 is 0 Å². The highest BCUT2D eigenvalue weighted by molar-refractivity contribution is 8.01. The van der Waals surface area contributed by atoms with Crippen molar-refractivity contribution in [1.29, 1.82) is 0 Å². The molecule has 1 aromatic heterocycles.